The zero-order valence-electron chi connectivity index (χ0n) is 10.8. The van der Waals surface area contributed by atoms with E-state index in [4.69, 9.17) is 4.74 Å². The first-order valence-corrected chi connectivity index (χ1v) is 5.73. The van der Waals surface area contributed by atoms with Crippen LogP contribution in [0.1, 0.15) is 44.5 Å². The second-order valence-electron chi connectivity index (χ2n) is 5.33. The third-order valence-electron chi connectivity index (χ3n) is 2.44. The van der Waals surface area contributed by atoms with Crippen molar-refractivity contribution in [3.05, 3.63) is 29.6 Å². The summed E-state index contributed by atoms with van der Waals surface area (Å²) in [7, 11) is 0. The van der Waals surface area contributed by atoms with Crippen molar-refractivity contribution >= 4 is 5.78 Å². The molecule has 3 heteroatoms. The molecular formula is C14H19FO2. The standard InChI is InChI=1S/C14H19FO2/c1-10(16)11-6-5-7-12(15)13(11)17-9-8-14(2,3)4/h5-7H,8-9H2,1-4H3. The van der Waals surface area contributed by atoms with E-state index >= 15 is 0 Å². The molecule has 94 valence electrons. The van der Waals surface area contributed by atoms with Gasteiger partial charge in [-0.2, -0.15) is 0 Å². The monoisotopic (exact) mass is 238 g/mol. The number of benzene rings is 1. The lowest BCUT2D eigenvalue weighted by atomic mass is 9.93. The molecular weight excluding hydrogens is 219 g/mol. The van der Waals surface area contributed by atoms with Crippen LogP contribution in [0.3, 0.4) is 0 Å². The van der Waals surface area contributed by atoms with Crippen molar-refractivity contribution < 1.29 is 13.9 Å². The van der Waals surface area contributed by atoms with E-state index in [1.165, 1.54) is 19.1 Å². The van der Waals surface area contributed by atoms with E-state index < -0.39 is 5.82 Å². The number of hydrogen-bond acceptors (Lipinski definition) is 2. The molecule has 0 saturated heterocycles. The summed E-state index contributed by atoms with van der Waals surface area (Å²) in [5.74, 6) is -0.592. The number of halogens is 1. The molecule has 0 spiro atoms. The maximum absolute atomic E-state index is 13.6. The molecule has 1 rings (SSSR count). The minimum Gasteiger partial charge on any atom is -0.490 e. The van der Waals surface area contributed by atoms with Crippen LogP contribution in [0.2, 0.25) is 0 Å². The van der Waals surface area contributed by atoms with Crippen LogP contribution in [-0.4, -0.2) is 12.4 Å². The summed E-state index contributed by atoms with van der Waals surface area (Å²) in [4.78, 5) is 11.3. The number of rotatable bonds is 4. The molecule has 17 heavy (non-hydrogen) atoms. The first-order chi connectivity index (χ1) is 7.81. The lowest BCUT2D eigenvalue weighted by Gasteiger charge is -2.19. The Morgan fingerprint density at radius 1 is 1.35 bits per heavy atom. The van der Waals surface area contributed by atoms with Crippen LogP contribution in [0, 0.1) is 11.2 Å². The van der Waals surface area contributed by atoms with Crippen LogP contribution in [0.5, 0.6) is 5.75 Å². The van der Waals surface area contributed by atoms with Crippen molar-refractivity contribution in [2.45, 2.75) is 34.1 Å². The molecule has 2 nitrogen and oxygen atoms in total. The second-order valence-corrected chi connectivity index (χ2v) is 5.33. The first kappa shape index (κ1) is 13.7. The summed E-state index contributed by atoms with van der Waals surface area (Å²) in [6.07, 6.45) is 0.804. The highest BCUT2D eigenvalue weighted by Crippen LogP contribution is 2.25. The van der Waals surface area contributed by atoms with E-state index in [9.17, 15) is 9.18 Å². The fraction of sp³-hybridized carbons (Fsp3) is 0.500. The highest BCUT2D eigenvalue weighted by Gasteiger charge is 2.15. The molecule has 0 aliphatic heterocycles. The molecule has 0 fully saturated rings. The van der Waals surface area contributed by atoms with Gasteiger partial charge in [-0.3, -0.25) is 4.79 Å². The smallest absolute Gasteiger partial charge is 0.165 e. The van der Waals surface area contributed by atoms with Gasteiger partial charge in [-0.15, -0.1) is 0 Å². The predicted octanol–water partition coefficient (Wildman–Crippen LogP) is 3.84. The highest BCUT2D eigenvalue weighted by molar-refractivity contribution is 5.96. The van der Waals surface area contributed by atoms with E-state index in [-0.39, 0.29) is 16.9 Å². The third-order valence-corrected chi connectivity index (χ3v) is 2.44. The molecule has 0 N–H and O–H groups in total. The fourth-order valence-electron chi connectivity index (χ4n) is 1.39. The molecule has 0 aliphatic carbocycles. The Hall–Kier alpha value is -1.38. The summed E-state index contributed by atoms with van der Waals surface area (Å²) in [5, 5.41) is 0. The molecule has 0 atom stereocenters. The minimum atomic E-state index is -0.480. The van der Waals surface area contributed by atoms with Gasteiger partial charge < -0.3 is 4.74 Å². The summed E-state index contributed by atoms with van der Waals surface area (Å²) in [6.45, 7) is 8.08. The highest BCUT2D eigenvalue weighted by atomic mass is 19.1. The van der Waals surface area contributed by atoms with Gasteiger partial charge in [0, 0.05) is 0 Å². The summed E-state index contributed by atoms with van der Waals surface area (Å²) < 4.78 is 19.0. The number of carbonyl (C=O) groups excluding carboxylic acids is 1. The van der Waals surface area contributed by atoms with Gasteiger partial charge in [0.25, 0.3) is 0 Å². The zero-order valence-corrected chi connectivity index (χ0v) is 10.8. The predicted molar refractivity (Wildman–Crippen MR) is 66.0 cm³/mol. The summed E-state index contributed by atoms with van der Waals surface area (Å²) in [5.41, 5.74) is 0.431. The van der Waals surface area contributed by atoms with Crippen LogP contribution in [0.25, 0.3) is 0 Å². The van der Waals surface area contributed by atoms with Crippen molar-refractivity contribution in [1.29, 1.82) is 0 Å². The van der Waals surface area contributed by atoms with Gasteiger partial charge in [-0.25, -0.2) is 4.39 Å². The van der Waals surface area contributed by atoms with Gasteiger partial charge in [0.2, 0.25) is 0 Å². The van der Waals surface area contributed by atoms with Gasteiger partial charge in [0.05, 0.1) is 12.2 Å². The number of para-hydroxylation sites is 1. The quantitative estimate of drug-likeness (QED) is 0.745. The first-order valence-electron chi connectivity index (χ1n) is 5.73. The van der Waals surface area contributed by atoms with E-state index in [0.29, 0.717) is 12.2 Å². The number of ether oxygens (including phenoxy) is 1. The van der Waals surface area contributed by atoms with E-state index in [1.807, 2.05) is 0 Å². The molecule has 0 saturated carbocycles. The van der Waals surface area contributed by atoms with Gasteiger partial charge in [0.1, 0.15) is 0 Å². The van der Waals surface area contributed by atoms with Gasteiger partial charge in [-0.05, 0) is 30.9 Å². The normalized spacial score (nSPS) is 11.4. The van der Waals surface area contributed by atoms with E-state index in [1.54, 1.807) is 6.07 Å². The van der Waals surface area contributed by atoms with Crippen molar-refractivity contribution in [2.75, 3.05) is 6.61 Å². The van der Waals surface area contributed by atoms with Gasteiger partial charge in [-0.1, -0.05) is 26.8 Å². The van der Waals surface area contributed by atoms with E-state index in [0.717, 1.165) is 6.42 Å². The molecule has 0 heterocycles. The topological polar surface area (TPSA) is 26.3 Å². The molecule has 0 bridgehead atoms. The fourth-order valence-corrected chi connectivity index (χ4v) is 1.39. The Labute approximate surface area is 102 Å². The largest absolute Gasteiger partial charge is 0.490 e. The van der Waals surface area contributed by atoms with Crippen molar-refractivity contribution in [3.8, 4) is 5.75 Å². The van der Waals surface area contributed by atoms with Gasteiger partial charge >= 0.3 is 0 Å². The molecule has 0 aromatic heterocycles. The molecule has 0 radical (unpaired) electrons. The van der Waals surface area contributed by atoms with Crippen LogP contribution in [-0.2, 0) is 0 Å². The van der Waals surface area contributed by atoms with Crippen LogP contribution in [0.15, 0.2) is 18.2 Å². The lowest BCUT2D eigenvalue weighted by Crippen LogP contribution is -2.13. The number of carbonyl (C=O) groups is 1. The summed E-state index contributed by atoms with van der Waals surface area (Å²) >= 11 is 0. The average Bonchev–Trinajstić information content (AvgIpc) is 2.18. The Morgan fingerprint density at radius 2 is 2.00 bits per heavy atom. The molecule has 1 aromatic carbocycles. The number of ketones is 1. The van der Waals surface area contributed by atoms with Crippen molar-refractivity contribution in [2.24, 2.45) is 5.41 Å². The number of Topliss-reactive ketones (excluding diaryl/α,β-unsaturated/α-hetero) is 1. The second kappa shape index (κ2) is 5.30. The Kier molecular flexibility index (Phi) is 4.27. The van der Waals surface area contributed by atoms with Crippen LogP contribution < -0.4 is 4.74 Å². The zero-order chi connectivity index (χ0) is 13.1. The van der Waals surface area contributed by atoms with Crippen molar-refractivity contribution in [3.63, 3.8) is 0 Å². The molecule has 0 amide bonds. The summed E-state index contributed by atoms with van der Waals surface area (Å²) in [6, 6.07) is 4.40. The molecule has 0 aliphatic rings. The Balaban J connectivity index is 2.79. The Morgan fingerprint density at radius 3 is 2.53 bits per heavy atom. The van der Waals surface area contributed by atoms with Crippen LogP contribution >= 0.6 is 0 Å². The molecule has 0 unspecified atom stereocenters. The third kappa shape index (κ3) is 4.17. The SMILES string of the molecule is CC(=O)c1cccc(F)c1OCCC(C)(C)C. The van der Waals surface area contributed by atoms with Crippen molar-refractivity contribution in [1.82, 2.24) is 0 Å². The maximum Gasteiger partial charge on any atom is 0.165 e. The number of hydrogen-bond donors (Lipinski definition) is 0. The minimum absolute atomic E-state index is 0.0734. The lowest BCUT2D eigenvalue weighted by molar-refractivity contribution is 0.101. The van der Waals surface area contributed by atoms with Gasteiger partial charge in [0.15, 0.2) is 17.3 Å². The van der Waals surface area contributed by atoms with Crippen LogP contribution in [0.4, 0.5) is 4.39 Å². The Bertz CT molecular complexity index is 405. The maximum atomic E-state index is 13.6. The van der Waals surface area contributed by atoms with E-state index in [2.05, 4.69) is 20.8 Å². The molecule has 1 aromatic rings. The average molecular weight is 238 g/mol.